The molecule has 2 aromatic carbocycles. The van der Waals surface area contributed by atoms with Crippen molar-refractivity contribution in [2.45, 2.75) is 18.2 Å². The average molecular weight is 453 g/mol. The lowest BCUT2D eigenvalue weighted by molar-refractivity contribution is 0.184. The van der Waals surface area contributed by atoms with Crippen molar-refractivity contribution in [3.63, 3.8) is 0 Å². The maximum Gasteiger partial charge on any atom is 0.259 e. The summed E-state index contributed by atoms with van der Waals surface area (Å²) in [6.45, 7) is 0.620. The Morgan fingerprint density at radius 1 is 1.12 bits per heavy atom. The predicted octanol–water partition coefficient (Wildman–Crippen LogP) is 4.20. The van der Waals surface area contributed by atoms with E-state index in [0.29, 0.717) is 11.6 Å². The molecule has 5 nitrogen and oxygen atoms in total. The molecule has 0 saturated heterocycles. The molecule has 0 aliphatic heterocycles. The maximum absolute atomic E-state index is 12.6. The summed E-state index contributed by atoms with van der Waals surface area (Å²) in [5.41, 5.74) is 2.71. The van der Waals surface area contributed by atoms with Crippen molar-refractivity contribution in [2.75, 3.05) is 7.11 Å². The molecule has 26 heavy (non-hydrogen) atoms. The maximum atomic E-state index is 12.6. The Balaban J connectivity index is 1.76. The highest BCUT2D eigenvalue weighted by Crippen LogP contribution is 2.27. The predicted molar refractivity (Wildman–Crippen MR) is 106 cm³/mol. The largest absolute Gasteiger partial charge is 0.380 e. The highest BCUT2D eigenvalue weighted by atomic mass is 79.9. The third-order valence-electron chi connectivity index (χ3n) is 3.72. The Morgan fingerprint density at radius 2 is 1.81 bits per heavy atom. The molecule has 0 fully saturated rings. The van der Waals surface area contributed by atoms with Crippen molar-refractivity contribution >= 4 is 37.3 Å². The summed E-state index contributed by atoms with van der Waals surface area (Å²) in [5.74, 6) is 0. The molecule has 0 amide bonds. The van der Waals surface area contributed by atoms with Crippen LogP contribution in [0.25, 0.3) is 10.6 Å². The first-order valence-electron chi connectivity index (χ1n) is 7.76. The molecule has 1 heterocycles. The van der Waals surface area contributed by atoms with E-state index in [2.05, 4.69) is 25.6 Å². The van der Waals surface area contributed by atoms with Crippen LogP contribution >= 0.6 is 27.3 Å². The number of rotatable bonds is 7. The highest BCUT2D eigenvalue weighted by molar-refractivity contribution is 9.10. The Morgan fingerprint density at radius 3 is 2.50 bits per heavy atom. The van der Waals surface area contributed by atoms with E-state index in [1.54, 1.807) is 12.5 Å². The molecule has 0 radical (unpaired) electrons. The van der Waals surface area contributed by atoms with Crippen LogP contribution in [0, 0.1) is 0 Å². The van der Waals surface area contributed by atoms with Crippen LogP contribution in [0.1, 0.15) is 11.1 Å². The van der Waals surface area contributed by atoms with Gasteiger partial charge in [0.25, 0.3) is 10.0 Å². The summed E-state index contributed by atoms with van der Waals surface area (Å²) in [7, 11) is -2.08. The van der Waals surface area contributed by atoms with Gasteiger partial charge in [-0.05, 0) is 23.3 Å². The molecular formula is C18H17BrN2O3S2. The van der Waals surface area contributed by atoms with Crippen LogP contribution in [0.15, 0.2) is 63.4 Å². The van der Waals surface area contributed by atoms with Crippen LogP contribution in [-0.2, 0) is 27.9 Å². The second-order valence-corrected chi connectivity index (χ2v) is 9.01. The van der Waals surface area contributed by atoms with Gasteiger partial charge in [0.2, 0.25) is 0 Å². The number of aromatic nitrogens is 1. The SMILES string of the molecule is COCc1ccccc1CNS(=O)(=O)c1csc(-c2ccc(Br)cc2)n1. The number of halogens is 1. The zero-order valence-corrected chi connectivity index (χ0v) is 17.2. The molecule has 0 atom stereocenters. The number of hydrogen-bond acceptors (Lipinski definition) is 5. The Hall–Kier alpha value is -1.58. The van der Waals surface area contributed by atoms with E-state index < -0.39 is 10.0 Å². The van der Waals surface area contributed by atoms with E-state index in [0.717, 1.165) is 21.2 Å². The number of hydrogen-bond donors (Lipinski definition) is 1. The summed E-state index contributed by atoms with van der Waals surface area (Å²) in [6, 6.07) is 15.2. The molecule has 3 aromatic rings. The van der Waals surface area contributed by atoms with Crippen LogP contribution in [0.2, 0.25) is 0 Å². The number of thiazole rings is 1. The third kappa shape index (κ3) is 4.57. The van der Waals surface area contributed by atoms with Gasteiger partial charge in [0, 0.05) is 29.1 Å². The number of benzene rings is 2. The summed E-state index contributed by atoms with van der Waals surface area (Å²) in [5, 5.41) is 2.25. The zero-order chi connectivity index (χ0) is 18.6. The second kappa shape index (κ2) is 8.41. The molecule has 0 aliphatic rings. The molecule has 8 heteroatoms. The van der Waals surface area contributed by atoms with Crippen molar-refractivity contribution < 1.29 is 13.2 Å². The number of sulfonamides is 1. The number of methoxy groups -OCH3 is 1. The molecule has 0 saturated carbocycles. The highest BCUT2D eigenvalue weighted by Gasteiger charge is 2.19. The minimum atomic E-state index is -3.69. The molecule has 0 spiro atoms. The Kier molecular flexibility index (Phi) is 6.20. The van der Waals surface area contributed by atoms with Gasteiger partial charge in [-0.15, -0.1) is 11.3 Å². The fourth-order valence-corrected chi connectivity index (χ4v) is 4.75. The van der Waals surface area contributed by atoms with Gasteiger partial charge in [-0.2, -0.15) is 0 Å². The lowest BCUT2D eigenvalue weighted by Gasteiger charge is -2.09. The minimum Gasteiger partial charge on any atom is -0.380 e. The van der Waals surface area contributed by atoms with Gasteiger partial charge in [0.15, 0.2) is 5.03 Å². The van der Waals surface area contributed by atoms with Gasteiger partial charge >= 0.3 is 0 Å². The van der Waals surface area contributed by atoms with E-state index in [-0.39, 0.29) is 11.6 Å². The van der Waals surface area contributed by atoms with E-state index in [1.807, 2.05) is 48.5 Å². The van der Waals surface area contributed by atoms with Crippen LogP contribution < -0.4 is 4.72 Å². The Bertz CT molecular complexity index is 986. The van der Waals surface area contributed by atoms with Crippen LogP contribution in [-0.4, -0.2) is 20.5 Å². The van der Waals surface area contributed by atoms with Gasteiger partial charge in [0.1, 0.15) is 5.01 Å². The van der Waals surface area contributed by atoms with Crippen molar-refractivity contribution in [2.24, 2.45) is 0 Å². The fourth-order valence-electron chi connectivity index (χ4n) is 2.38. The van der Waals surface area contributed by atoms with Gasteiger partial charge in [-0.25, -0.2) is 18.1 Å². The lowest BCUT2D eigenvalue weighted by Crippen LogP contribution is -2.24. The standard InChI is InChI=1S/C18H17BrN2O3S2/c1-24-11-15-5-3-2-4-14(15)10-20-26(22,23)17-12-25-18(21-17)13-6-8-16(19)9-7-13/h2-9,12,20H,10-11H2,1H3. The van der Waals surface area contributed by atoms with Crippen molar-refractivity contribution in [1.82, 2.24) is 9.71 Å². The van der Waals surface area contributed by atoms with Crippen molar-refractivity contribution in [3.8, 4) is 10.6 Å². The van der Waals surface area contributed by atoms with Gasteiger partial charge < -0.3 is 4.74 Å². The summed E-state index contributed by atoms with van der Waals surface area (Å²) in [4.78, 5) is 4.28. The van der Waals surface area contributed by atoms with Gasteiger partial charge in [-0.1, -0.05) is 52.3 Å². The average Bonchev–Trinajstić information content (AvgIpc) is 3.13. The van der Waals surface area contributed by atoms with Crippen LogP contribution in [0.4, 0.5) is 0 Å². The first-order chi connectivity index (χ1) is 12.5. The van der Waals surface area contributed by atoms with Gasteiger partial charge in [0.05, 0.1) is 6.61 Å². The molecular weight excluding hydrogens is 436 g/mol. The molecule has 1 N–H and O–H groups in total. The normalized spacial score (nSPS) is 11.6. The van der Waals surface area contributed by atoms with E-state index >= 15 is 0 Å². The third-order valence-corrected chi connectivity index (χ3v) is 6.57. The van der Waals surface area contributed by atoms with Crippen LogP contribution in [0.5, 0.6) is 0 Å². The summed E-state index contributed by atoms with van der Waals surface area (Å²) >= 11 is 4.69. The fraction of sp³-hybridized carbons (Fsp3) is 0.167. The van der Waals surface area contributed by atoms with E-state index in [9.17, 15) is 8.42 Å². The van der Waals surface area contributed by atoms with Crippen molar-refractivity contribution in [1.29, 1.82) is 0 Å². The molecule has 3 rings (SSSR count). The lowest BCUT2D eigenvalue weighted by atomic mass is 10.1. The smallest absolute Gasteiger partial charge is 0.259 e. The molecule has 0 unspecified atom stereocenters. The number of nitrogens with zero attached hydrogens (tertiary/aromatic N) is 1. The van der Waals surface area contributed by atoms with Crippen LogP contribution in [0.3, 0.4) is 0 Å². The van der Waals surface area contributed by atoms with Gasteiger partial charge in [-0.3, -0.25) is 0 Å². The monoisotopic (exact) mass is 452 g/mol. The summed E-state index contributed by atoms with van der Waals surface area (Å²) < 4.78 is 33.9. The summed E-state index contributed by atoms with van der Waals surface area (Å²) in [6.07, 6.45) is 0. The van der Waals surface area contributed by atoms with Crippen molar-refractivity contribution in [3.05, 3.63) is 69.5 Å². The molecule has 1 aromatic heterocycles. The first-order valence-corrected chi connectivity index (χ1v) is 10.9. The Labute approximate surface area is 165 Å². The topological polar surface area (TPSA) is 68.3 Å². The van der Waals surface area contributed by atoms with E-state index in [1.165, 1.54) is 11.3 Å². The number of ether oxygens (including phenoxy) is 1. The number of nitrogens with one attached hydrogen (secondary N) is 1. The first kappa shape index (κ1) is 19.2. The molecule has 136 valence electrons. The zero-order valence-electron chi connectivity index (χ0n) is 14.0. The molecule has 0 bridgehead atoms. The van der Waals surface area contributed by atoms with E-state index in [4.69, 9.17) is 4.74 Å². The second-order valence-electron chi connectivity index (χ2n) is 5.52. The molecule has 0 aliphatic carbocycles. The minimum absolute atomic E-state index is 0.0321. The quantitative estimate of drug-likeness (QED) is 0.583.